The van der Waals surface area contributed by atoms with Gasteiger partial charge in [-0.2, -0.15) is 0 Å². The van der Waals surface area contributed by atoms with Crippen molar-refractivity contribution in [3.63, 3.8) is 0 Å². The van der Waals surface area contributed by atoms with Crippen molar-refractivity contribution in [1.29, 1.82) is 0 Å². The van der Waals surface area contributed by atoms with Gasteiger partial charge in [0.05, 0.1) is 6.10 Å². The maximum atomic E-state index is 10.5. The highest BCUT2D eigenvalue weighted by molar-refractivity contribution is 6.36. The highest BCUT2D eigenvalue weighted by atomic mass is 35.5. The average Bonchev–Trinajstić information content (AvgIpc) is 2.35. The van der Waals surface area contributed by atoms with Crippen LogP contribution in [-0.2, 0) is 0 Å². The first-order valence-corrected chi connectivity index (χ1v) is 7.14. The first-order chi connectivity index (χ1) is 8.56. The van der Waals surface area contributed by atoms with Gasteiger partial charge in [-0.15, -0.1) is 0 Å². The number of hydrogen-bond donors (Lipinski definition) is 2. The predicted molar refractivity (Wildman–Crippen MR) is 78.3 cm³/mol. The number of aliphatic hydroxyl groups excluding tert-OH is 1. The molecule has 0 aliphatic rings. The van der Waals surface area contributed by atoms with Crippen LogP contribution in [0.3, 0.4) is 0 Å². The Hall–Kier alpha value is -0.280. The lowest BCUT2D eigenvalue weighted by Crippen LogP contribution is -2.32. The van der Waals surface area contributed by atoms with E-state index in [4.69, 9.17) is 28.9 Å². The summed E-state index contributed by atoms with van der Waals surface area (Å²) in [6, 6.07) is 5.36. The number of halogens is 2. The van der Waals surface area contributed by atoms with Gasteiger partial charge in [0.15, 0.2) is 0 Å². The second-order valence-corrected chi connectivity index (χ2v) is 5.36. The lowest BCUT2D eigenvalue weighted by Gasteiger charge is -2.29. The third kappa shape index (κ3) is 3.39. The Morgan fingerprint density at radius 3 is 2.06 bits per heavy atom. The van der Waals surface area contributed by atoms with Crippen LogP contribution < -0.4 is 5.73 Å². The highest BCUT2D eigenvalue weighted by Crippen LogP contribution is 2.36. The Bertz CT molecular complexity index is 360. The molecule has 1 aromatic carbocycles. The summed E-state index contributed by atoms with van der Waals surface area (Å²) in [6.07, 6.45) is 1.31. The second kappa shape index (κ2) is 7.34. The molecule has 0 saturated heterocycles. The average molecular weight is 290 g/mol. The lowest BCUT2D eigenvalue weighted by atomic mass is 9.83. The molecule has 0 bridgehead atoms. The molecule has 1 rings (SSSR count). The summed E-state index contributed by atoms with van der Waals surface area (Å²) >= 11 is 12.4. The van der Waals surface area contributed by atoms with E-state index in [1.165, 1.54) is 0 Å². The minimum atomic E-state index is -0.512. The van der Waals surface area contributed by atoms with Gasteiger partial charge in [0.1, 0.15) is 0 Å². The van der Waals surface area contributed by atoms with Crippen molar-refractivity contribution >= 4 is 23.2 Å². The summed E-state index contributed by atoms with van der Waals surface area (Å²) in [6.45, 7) is 4.47. The summed E-state index contributed by atoms with van der Waals surface area (Å²) in [5.74, 6) is 0.00184. The molecule has 0 fully saturated rings. The van der Waals surface area contributed by atoms with E-state index in [1.54, 1.807) is 18.2 Å². The van der Waals surface area contributed by atoms with Crippen molar-refractivity contribution in [3.8, 4) is 0 Å². The van der Waals surface area contributed by atoms with Gasteiger partial charge in [0, 0.05) is 22.5 Å². The Labute approximate surface area is 119 Å². The second-order valence-electron chi connectivity index (χ2n) is 4.54. The molecule has 0 aromatic heterocycles. The molecule has 2 unspecified atom stereocenters. The van der Waals surface area contributed by atoms with Gasteiger partial charge in [-0.25, -0.2) is 0 Å². The van der Waals surface area contributed by atoms with Crippen molar-refractivity contribution < 1.29 is 5.11 Å². The van der Waals surface area contributed by atoms with Crippen molar-refractivity contribution in [1.82, 2.24) is 0 Å². The molecule has 4 heteroatoms. The van der Waals surface area contributed by atoms with Gasteiger partial charge in [-0.3, -0.25) is 0 Å². The molecular formula is C14H21Cl2NO. The third-order valence-electron chi connectivity index (χ3n) is 3.57. The van der Waals surface area contributed by atoms with E-state index >= 15 is 0 Å². The predicted octanol–water partition coefficient (Wildman–Crippen LogP) is 3.83. The van der Waals surface area contributed by atoms with Gasteiger partial charge in [-0.1, -0.05) is 56.0 Å². The van der Waals surface area contributed by atoms with Crippen LogP contribution in [0.1, 0.15) is 38.2 Å². The minimum Gasteiger partial charge on any atom is -0.392 e. The van der Waals surface area contributed by atoms with Gasteiger partial charge >= 0.3 is 0 Å². The van der Waals surface area contributed by atoms with Crippen LogP contribution in [0.4, 0.5) is 0 Å². The largest absolute Gasteiger partial charge is 0.392 e. The van der Waals surface area contributed by atoms with Crippen LogP contribution in [0.25, 0.3) is 0 Å². The summed E-state index contributed by atoms with van der Waals surface area (Å²) in [4.78, 5) is 0. The molecule has 0 radical (unpaired) electrons. The lowest BCUT2D eigenvalue weighted by molar-refractivity contribution is 0.0780. The van der Waals surface area contributed by atoms with Crippen molar-refractivity contribution in [2.45, 2.75) is 38.7 Å². The first-order valence-electron chi connectivity index (χ1n) is 6.38. The monoisotopic (exact) mass is 289 g/mol. The topological polar surface area (TPSA) is 46.2 Å². The number of rotatable bonds is 6. The zero-order valence-electron chi connectivity index (χ0n) is 10.9. The minimum absolute atomic E-state index is 0.212. The third-order valence-corrected chi connectivity index (χ3v) is 4.23. The van der Waals surface area contributed by atoms with E-state index in [9.17, 15) is 5.11 Å². The molecule has 0 aliphatic heterocycles. The van der Waals surface area contributed by atoms with E-state index in [2.05, 4.69) is 13.8 Å². The maximum absolute atomic E-state index is 10.5. The van der Waals surface area contributed by atoms with E-state index in [1.807, 2.05) is 0 Å². The summed E-state index contributed by atoms with van der Waals surface area (Å²) in [7, 11) is 0. The van der Waals surface area contributed by atoms with Gasteiger partial charge in [0.2, 0.25) is 0 Å². The zero-order chi connectivity index (χ0) is 13.7. The number of benzene rings is 1. The summed E-state index contributed by atoms with van der Waals surface area (Å²) in [5, 5.41) is 11.6. The smallest absolute Gasteiger partial charge is 0.0649 e. The van der Waals surface area contributed by atoms with E-state index in [0.29, 0.717) is 16.6 Å². The zero-order valence-corrected chi connectivity index (χ0v) is 12.4. The van der Waals surface area contributed by atoms with E-state index in [-0.39, 0.29) is 11.8 Å². The maximum Gasteiger partial charge on any atom is 0.0649 e. The van der Waals surface area contributed by atoms with Gasteiger partial charge < -0.3 is 10.8 Å². The van der Waals surface area contributed by atoms with Gasteiger partial charge in [-0.05, 0) is 23.6 Å². The normalized spacial score (nSPS) is 14.8. The molecule has 18 heavy (non-hydrogen) atoms. The van der Waals surface area contributed by atoms with E-state index in [0.717, 1.165) is 18.4 Å². The number of nitrogens with two attached hydrogens (primary N) is 1. The van der Waals surface area contributed by atoms with Crippen LogP contribution in [0.5, 0.6) is 0 Å². The number of aliphatic hydroxyl groups is 1. The standard InChI is InChI=1S/C14H21Cl2NO/c1-3-9(4-2)14(18)10(8-17)13-11(15)6-5-7-12(13)16/h5-7,9-10,14,18H,3-4,8,17H2,1-2H3. The fourth-order valence-corrected chi connectivity index (χ4v) is 3.07. The molecule has 102 valence electrons. The molecule has 1 aromatic rings. The molecule has 2 nitrogen and oxygen atoms in total. The van der Waals surface area contributed by atoms with Crippen LogP contribution >= 0.6 is 23.2 Å². The number of hydrogen-bond acceptors (Lipinski definition) is 2. The van der Waals surface area contributed by atoms with Crippen LogP contribution in [-0.4, -0.2) is 17.8 Å². The summed E-state index contributed by atoms with van der Waals surface area (Å²) < 4.78 is 0. The van der Waals surface area contributed by atoms with Crippen molar-refractivity contribution in [2.24, 2.45) is 11.7 Å². The molecule has 3 N–H and O–H groups in total. The SMILES string of the molecule is CCC(CC)C(O)C(CN)c1c(Cl)cccc1Cl. The molecule has 0 aliphatic carbocycles. The van der Waals surface area contributed by atoms with Crippen molar-refractivity contribution in [2.75, 3.05) is 6.54 Å². The first kappa shape index (κ1) is 15.8. The van der Waals surface area contributed by atoms with Crippen LogP contribution in [0.15, 0.2) is 18.2 Å². The fraction of sp³-hybridized carbons (Fsp3) is 0.571. The quantitative estimate of drug-likeness (QED) is 0.836. The van der Waals surface area contributed by atoms with Crippen LogP contribution in [0, 0.1) is 5.92 Å². The molecule has 2 atom stereocenters. The molecule has 0 amide bonds. The Morgan fingerprint density at radius 1 is 1.17 bits per heavy atom. The highest BCUT2D eigenvalue weighted by Gasteiger charge is 2.28. The molecular weight excluding hydrogens is 269 g/mol. The molecule has 0 spiro atoms. The van der Waals surface area contributed by atoms with E-state index < -0.39 is 6.10 Å². The Kier molecular flexibility index (Phi) is 6.44. The van der Waals surface area contributed by atoms with Crippen LogP contribution in [0.2, 0.25) is 10.0 Å². The molecule has 0 heterocycles. The van der Waals surface area contributed by atoms with Crippen molar-refractivity contribution in [3.05, 3.63) is 33.8 Å². The Balaban J connectivity index is 3.09. The summed E-state index contributed by atoms with van der Waals surface area (Å²) in [5.41, 5.74) is 6.58. The van der Waals surface area contributed by atoms with Gasteiger partial charge in [0.25, 0.3) is 0 Å². The molecule has 0 saturated carbocycles. The fourth-order valence-electron chi connectivity index (χ4n) is 2.39. The Morgan fingerprint density at radius 2 is 1.67 bits per heavy atom.